The maximum absolute atomic E-state index is 12.8. The van der Waals surface area contributed by atoms with Crippen molar-refractivity contribution in [1.29, 1.82) is 0 Å². The van der Waals surface area contributed by atoms with Gasteiger partial charge in [0.15, 0.2) is 5.13 Å². The molecule has 0 aliphatic rings. The van der Waals surface area contributed by atoms with Gasteiger partial charge in [-0.25, -0.2) is 9.67 Å². The third-order valence-corrected chi connectivity index (χ3v) is 4.51. The predicted octanol–water partition coefficient (Wildman–Crippen LogP) is 3.10. The molecule has 3 rings (SSSR count). The minimum atomic E-state index is -4.40. The summed E-state index contributed by atoms with van der Waals surface area (Å²) in [6.07, 6.45) is -2.64. The average Bonchev–Trinajstić information content (AvgIpc) is 3.03. The lowest BCUT2D eigenvalue weighted by atomic mass is 10.1. The van der Waals surface area contributed by atoms with Crippen LogP contribution in [0.3, 0.4) is 0 Å². The zero-order valence-electron chi connectivity index (χ0n) is 13.9. The molecule has 0 saturated heterocycles. The lowest BCUT2D eigenvalue weighted by molar-refractivity contribution is -0.137. The summed E-state index contributed by atoms with van der Waals surface area (Å²) in [7, 11) is 1.43. The van der Waals surface area contributed by atoms with Crippen molar-refractivity contribution in [3.8, 4) is 0 Å². The Kier molecular flexibility index (Phi) is 5.08. The SMILES string of the molecule is Cn1nc(C(=O)Nc2ncc(Cc3cccc(C(F)(F)F)c3)s2)ccc1=O. The van der Waals surface area contributed by atoms with E-state index in [9.17, 15) is 22.8 Å². The molecule has 0 radical (unpaired) electrons. The Hall–Kier alpha value is -3.01. The van der Waals surface area contributed by atoms with E-state index in [0.29, 0.717) is 10.4 Å². The van der Waals surface area contributed by atoms with E-state index in [4.69, 9.17) is 0 Å². The van der Waals surface area contributed by atoms with E-state index in [1.165, 1.54) is 31.4 Å². The van der Waals surface area contributed by atoms with Crippen LogP contribution in [0.2, 0.25) is 0 Å². The van der Waals surface area contributed by atoms with Crippen LogP contribution < -0.4 is 10.9 Å². The second-order valence-electron chi connectivity index (χ2n) is 5.64. The van der Waals surface area contributed by atoms with Crippen LogP contribution in [0.25, 0.3) is 0 Å². The summed E-state index contributed by atoms with van der Waals surface area (Å²) in [6, 6.07) is 7.58. The molecular weight excluding hydrogens is 381 g/mol. The number of nitrogens with zero attached hydrogens (tertiary/aromatic N) is 3. The van der Waals surface area contributed by atoms with Crippen molar-refractivity contribution < 1.29 is 18.0 Å². The molecule has 0 unspecified atom stereocenters. The lowest BCUT2D eigenvalue weighted by Crippen LogP contribution is -2.23. The monoisotopic (exact) mass is 394 g/mol. The number of aromatic nitrogens is 3. The Morgan fingerprint density at radius 1 is 1.26 bits per heavy atom. The first-order valence-corrected chi connectivity index (χ1v) is 8.50. The first kappa shape index (κ1) is 18.8. The van der Waals surface area contributed by atoms with Crippen LogP contribution in [0.15, 0.2) is 47.4 Å². The van der Waals surface area contributed by atoms with E-state index >= 15 is 0 Å². The van der Waals surface area contributed by atoms with Gasteiger partial charge < -0.3 is 0 Å². The first-order chi connectivity index (χ1) is 12.7. The fraction of sp³-hybridized carbons (Fsp3) is 0.176. The van der Waals surface area contributed by atoms with Crippen molar-refractivity contribution in [3.63, 3.8) is 0 Å². The molecule has 140 valence electrons. The highest BCUT2D eigenvalue weighted by Gasteiger charge is 2.30. The largest absolute Gasteiger partial charge is 0.416 e. The molecule has 10 heteroatoms. The standard InChI is InChI=1S/C17H13F3N4O2S/c1-24-14(25)6-5-13(23-24)15(26)22-16-21-9-12(27-16)8-10-3-2-4-11(7-10)17(18,19)20/h2-7,9H,8H2,1H3,(H,21,22,26). The number of rotatable bonds is 4. The Labute approximate surface area is 155 Å². The van der Waals surface area contributed by atoms with Crippen LogP contribution in [0.4, 0.5) is 18.3 Å². The maximum atomic E-state index is 12.8. The molecule has 3 aromatic rings. The minimum absolute atomic E-state index is 0.0479. The summed E-state index contributed by atoms with van der Waals surface area (Å²) in [6.45, 7) is 0. The van der Waals surface area contributed by atoms with E-state index in [-0.39, 0.29) is 22.8 Å². The van der Waals surface area contributed by atoms with Gasteiger partial charge in [0.05, 0.1) is 5.56 Å². The predicted molar refractivity (Wildman–Crippen MR) is 93.8 cm³/mol. The molecule has 0 aliphatic carbocycles. The number of carbonyl (C=O) groups is 1. The van der Waals surface area contributed by atoms with Gasteiger partial charge in [0.2, 0.25) is 0 Å². The second-order valence-corrected chi connectivity index (χ2v) is 6.76. The lowest BCUT2D eigenvalue weighted by Gasteiger charge is -2.07. The second kappa shape index (κ2) is 7.31. The van der Waals surface area contributed by atoms with Gasteiger partial charge in [-0.2, -0.15) is 18.3 Å². The Morgan fingerprint density at radius 3 is 2.74 bits per heavy atom. The minimum Gasteiger partial charge on any atom is -0.296 e. The number of halogens is 3. The average molecular weight is 394 g/mol. The molecular formula is C17H13F3N4O2S. The van der Waals surface area contributed by atoms with Crippen molar-refractivity contribution in [2.75, 3.05) is 5.32 Å². The number of hydrogen-bond donors (Lipinski definition) is 1. The van der Waals surface area contributed by atoms with E-state index in [1.807, 2.05) is 0 Å². The highest BCUT2D eigenvalue weighted by molar-refractivity contribution is 7.15. The number of benzene rings is 1. The summed E-state index contributed by atoms with van der Waals surface area (Å²) in [5, 5.41) is 6.69. The third kappa shape index (κ3) is 4.59. The molecule has 0 aliphatic heterocycles. The molecule has 6 nitrogen and oxygen atoms in total. The number of aryl methyl sites for hydroxylation is 1. The summed E-state index contributed by atoms with van der Waals surface area (Å²) in [5.74, 6) is -0.537. The number of hydrogen-bond acceptors (Lipinski definition) is 5. The van der Waals surface area contributed by atoms with Gasteiger partial charge in [0.25, 0.3) is 11.5 Å². The molecule has 1 aromatic carbocycles. The Balaban J connectivity index is 1.71. The zero-order valence-corrected chi connectivity index (χ0v) is 14.8. The van der Waals surface area contributed by atoms with E-state index in [1.54, 1.807) is 6.07 Å². The number of alkyl halides is 3. The maximum Gasteiger partial charge on any atom is 0.416 e. The molecule has 0 atom stereocenters. The van der Waals surface area contributed by atoms with Crippen molar-refractivity contribution in [2.24, 2.45) is 7.05 Å². The van der Waals surface area contributed by atoms with Crippen LogP contribution in [0.1, 0.15) is 26.5 Å². The van der Waals surface area contributed by atoms with Crippen molar-refractivity contribution in [2.45, 2.75) is 12.6 Å². The van der Waals surface area contributed by atoms with Crippen LogP contribution in [0, 0.1) is 0 Å². The highest BCUT2D eigenvalue weighted by Crippen LogP contribution is 2.30. The Bertz CT molecular complexity index is 1040. The van der Waals surface area contributed by atoms with E-state index < -0.39 is 17.6 Å². The molecule has 0 spiro atoms. The number of thiazole rings is 1. The molecule has 27 heavy (non-hydrogen) atoms. The molecule has 2 aromatic heterocycles. The number of anilines is 1. The number of amides is 1. The van der Waals surface area contributed by atoms with Gasteiger partial charge in [-0.05, 0) is 17.7 Å². The number of carbonyl (C=O) groups excluding carboxylic acids is 1. The topological polar surface area (TPSA) is 76.9 Å². The Morgan fingerprint density at radius 2 is 2.04 bits per heavy atom. The highest BCUT2D eigenvalue weighted by atomic mass is 32.1. The normalized spacial score (nSPS) is 11.4. The molecule has 2 heterocycles. The summed E-state index contributed by atoms with van der Waals surface area (Å²) in [4.78, 5) is 28.2. The summed E-state index contributed by atoms with van der Waals surface area (Å²) >= 11 is 1.15. The quantitative estimate of drug-likeness (QED) is 0.738. The number of nitrogens with one attached hydrogen (secondary N) is 1. The van der Waals surface area contributed by atoms with Crippen LogP contribution >= 0.6 is 11.3 Å². The first-order valence-electron chi connectivity index (χ1n) is 7.69. The van der Waals surface area contributed by atoms with Crippen LogP contribution in [-0.4, -0.2) is 20.7 Å². The zero-order chi connectivity index (χ0) is 19.6. The van der Waals surface area contributed by atoms with Gasteiger partial charge in [-0.1, -0.05) is 18.2 Å². The summed E-state index contributed by atoms with van der Waals surface area (Å²) < 4.78 is 39.4. The fourth-order valence-corrected chi connectivity index (χ4v) is 3.13. The molecule has 0 bridgehead atoms. The third-order valence-electron chi connectivity index (χ3n) is 3.60. The molecule has 1 amide bonds. The molecule has 0 fully saturated rings. The molecule has 0 saturated carbocycles. The summed E-state index contributed by atoms with van der Waals surface area (Å²) in [5.41, 5.74) is -0.513. The van der Waals surface area contributed by atoms with E-state index in [0.717, 1.165) is 28.2 Å². The smallest absolute Gasteiger partial charge is 0.296 e. The molecule has 1 N–H and O–H groups in total. The van der Waals surface area contributed by atoms with Gasteiger partial charge in [0.1, 0.15) is 5.69 Å². The van der Waals surface area contributed by atoms with Gasteiger partial charge >= 0.3 is 6.18 Å². The van der Waals surface area contributed by atoms with Gasteiger partial charge in [-0.15, -0.1) is 11.3 Å². The van der Waals surface area contributed by atoms with Gasteiger partial charge in [-0.3, -0.25) is 14.9 Å². The van der Waals surface area contributed by atoms with Crippen LogP contribution in [0.5, 0.6) is 0 Å². The van der Waals surface area contributed by atoms with Crippen LogP contribution in [-0.2, 0) is 19.6 Å². The van der Waals surface area contributed by atoms with Crippen molar-refractivity contribution in [1.82, 2.24) is 14.8 Å². The van der Waals surface area contributed by atoms with Gasteiger partial charge in [0, 0.05) is 30.6 Å². The van der Waals surface area contributed by atoms with Crippen molar-refractivity contribution >= 4 is 22.4 Å². The van der Waals surface area contributed by atoms with E-state index in [2.05, 4.69) is 15.4 Å². The fourth-order valence-electron chi connectivity index (χ4n) is 2.29. The van der Waals surface area contributed by atoms with Crippen molar-refractivity contribution in [3.05, 3.63) is 74.6 Å².